The number of H-pyrrole nitrogens is 1. The summed E-state index contributed by atoms with van der Waals surface area (Å²) in [4.78, 5) is 31.3. The van der Waals surface area contributed by atoms with E-state index < -0.39 is 29.9 Å². The first kappa shape index (κ1) is 15.1. The molecule has 4 heterocycles. The van der Waals surface area contributed by atoms with E-state index in [1.165, 1.54) is 0 Å². The predicted molar refractivity (Wildman–Crippen MR) is 86.9 cm³/mol. The first-order chi connectivity index (χ1) is 12.4. The highest BCUT2D eigenvalue weighted by Crippen LogP contribution is 2.61. The van der Waals surface area contributed by atoms with Crippen LogP contribution in [0.25, 0.3) is 0 Å². The Bertz CT molecular complexity index is 920. The normalized spacial score (nSPS) is 43.3. The molecule has 1 aromatic rings. The number of carbonyl (C=O) groups excluding carboxylic acids is 2. The highest BCUT2D eigenvalue weighted by Gasteiger charge is 2.68. The molecule has 2 bridgehead atoms. The highest BCUT2D eigenvalue weighted by atomic mass is 16.3. The Morgan fingerprint density at radius 2 is 2.04 bits per heavy atom. The number of fused-ring (bicyclic) bond motifs is 2. The van der Waals surface area contributed by atoms with Crippen molar-refractivity contribution in [3.63, 3.8) is 0 Å². The molecule has 3 aliphatic heterocycles. The van der Waals surface area contributed by atoms with Crippen LogP contribution in [0.3, 0.4) is 0 Å². The second-order valence-corrected chi connectivity index (χ2v) is 8.08. The topological polar surface area (TPSA) is 126 Å². The van der Waals surface area contributed by atoms with E-state index in [1.54, 1.807) is 0 Å². The van der Waals surface area contributed by atoms with Crippen molar-refractivity contribution in [1.29, 1.82) is 0 Å². The smallest absolute Gasteiger partial charge is 0.225 e. The molecule has 2 aliphatic carbocycles. The number of aliphatic hydroxyl groups excluding tert-OH is 3. The van der Waals surface area contributed by atoms with Gasteiger partial charge in [0.25, 0.3) is 0 Å². The van der Waals surface area contributed by atoms with Crippen molar-refractivity contribution < 1.29 is 24.9 Å². The number of allylic oxidation sites excluding steroid dienone is 1. The minimum absolute atomic E-state index is 0.0156. The number of nitrogens with one attached hydrogen (secondary N) is 2. The highest BCUT2D eigenvalue weighted by molar-refractivity contribution is 6.12. The lowest BCUT2D eigenvalue weighted by molar-refractivity contribution is -0.178. The van der Waals surface area contributed by atoms with E-state index in [9.17, 15) is 24.9 Å². The predicted octanol–water partition coefficient (Wildman–Crippen LogP) is -1.26. The SMILES string of the molecule is O=C1C2=C3C4c5c(c[nH]c51)CCN4[C@@H]1[C@H](O)CC(=O)[C@@]3(C[C@@H](O)N2)[C@H]1O. The molecule has 0 amide bonds. The van der Waals surface area contributed by atoms with Gasteiger partial charge in [0.15, 0.2) is 0 Å². The fourth-order valence-corrected chi connectivity index (χ4v) is 6.09. The maximum Gasteiger partial charge on any atom is 0.225 e. The van der Waals surface area contributed by atoms with Crippen molar-refractivity contribution in [1.82, 2.24) is 15.2 Å². The lowest BCUT2D eigenvalue weighted by Gasteiger charge is -2.62. The monoisotopic (exact) mass is 357 g/mol. The van der Waals surface area contributed by atoms with Gasteiger partial charge in [0, 0.05) is 31.1 Å². The Balaban J connectivity index is 1.72. The summed E-state index contributed by atoms with van der Waals surface area (Å²) in [6.45, 7) is 0.630. The average molecular weight is 357 g/mol. The molecule has 1 unspecified atom stereocenters. The molecular weight excluding hydrogens is 338 g/mol. The third kappa shape index (κ3) is 1.41. The number of hydrogen-bond donors (Lipinski definition) is 5. The molecule has 8 nitrogen and oxygen atoms in total. The van der Waals surface area contributed by atoms with Crippen LogP contribution in [0.4, 0.5) is 0 Å². The van der Waals surface area contributed by atoms with E-state index in [-0.39, 0.29) is 36.1 Å². The van der Waals surface area contributed by atoms with Gasteiger partial charge >= 0.3 is 0 Å². The van der Waals surface area contributed by atoms with E-state index in [4.69, 9.17) is 0 Å². The van der Waals surface area contributed by atoms with Crippen LogP contribution in [-0.4, -0.2) is 67.8 Å². The molecule has 1 saturated heterocycles. The van der Waals surface area contributed by atoms with Crippen LogP contribution >= 0.6 is 0 Å². The molecule has 26 heavy (non-hydrogen) atoms. The third-order valence-electron chi connectivity index (χ3n) is 7.05. The van der Waals surface area contributed by atoms with Gasteiger partial charge in [0.1, 0.15) is 12.0 Å². The number of hydrogen-bond acceptors (Lipinski definition) is 7. The summed E-state index contributed by atoms with van der Waals surface area (Å²) >= 11 is 0. The second-order valence-electron chi connectivity index (χ2n) is 8.08. The summed E-state index contributed by atoms with van der Waals surface area (Å²) in [5.41, 5.74) is 1.87. The van der Waals surface area contributed by atoms with Crippen LogP contribution in [0.15, 0.2) is 17.5 Å². The van der Waals surface area contributed by atoms with Crippen molar-refractivity contribution in [3.05, 3.63) is 34.3 Å². The van der Waals surface area contributed by atoms with Crippen LogP contribution in [0.1, 0.15) is 40.5 Å². The van der Waals surface area contributed by atoms with Crippen molar-refractivity contribution >= 4 is 11.6 Å². The number of nitrogens with zero attached hydrogens (tertiary/aromatic N) is 1. The van der Waals surface area contributed by atoms with Gasteiger partial charge in [0.05, 0.1) is 41.1 Å². The van der Waals surface area contributed by atoms with Gasteiger partial charge in [-0.2, -0.15) is 0 Å². The summed E-state index contributed by atoms with van der Waals surface area (Å²) < 4.78 is 0. The van der Waals surface area contributed by atoms with Gasteiger partial charge < -0.3 is 25.6 Å². The number of aromatic nitrogens is 1. The number of ketones is 2. The second kappa shape index (κ2) is 4.45. The zero-order chi connectivity index (χ0) is 18.0. The van der Waals surface area contributed by atoms with E-state index in [0.717, 1.165) is 11.1 Å². The van der Waals surface area contributed by atoms with Crippen LogP contribution in [0.5, 0.6) is 0 Å². The van der Waals surface area contributed by atoms with Crippen molar-refractivity contribution in [2.24, 2.45) is 5.41 Å². The quantitative estimate of drug-likeness (QED) is 0.392. The van der Waals surface area contributed by atoms with E-state index >= 15 is 0 Å². The number of carbonyl (C=O) groups is 2. The van der Waals surface area contributed by atoms with Gasteiger partial charge in [-0.05, 0) is 17.6 Å². The van der Waals surface area contributed by atoms with E-state index in [2.05, 4.69) is 10.3 Å². The van der Waals surface area contributed by atoms with Crippen molar-refractivity contribution in [2.75, 3.05) is 6.54 Å². The standard InChI is InChI=1S/C18H19N3O5/c22-7-3-8(23)18-4-9(24)20-13-11(18)15-10-6(5-19-12(10)16(13)25)1-2-21(15)14(7)17(18)26/h5,7,9,14-15,17,19-20,22,24,26H,1-4H2/t7-,9-,14-,15?,17+,18-/m1/s1. The molecule has 5 N–H and O–H groups in total. The van der Waals surface area contributed by atoms with Crippen molar-refractivity contribution in [2.45, 2.75) is 49.8 Å². The zero-order valence-corrected chi connectivity index (χ0v) is 13.9. The van der Waals surface area contributed by atoms with Crippen LogP contribution in [0.2, 0.25) is 0 Å². The number of aromatic amines is 1. The number of aliphatic hydroxyl groups is 3. The molecule has 6 rings (SSSR count). The largest absolute Gasteiger partial charge is 0.391 e. The molecule has 2 fully saturated rings. The van der Waals surface area contributed by atoms with Gasteiger partial charge in [-0.3, -0.25) is 14.5 Å². The molecule has 1 spiro atoms. The Kier molecular flexibility index (Phi) is 2.59. The maximum absolute atomic E-state index is 13.1. The lowest BCUT2D eigenvalue weighted by Crippen LogP contribution is -2.73. The fraction of sp³-hybridized carbons (Fsp3) is 0.556. The van der Waals surface area contributed by atoms with E-state index in [0.29, 0.717) is 24.2 Å². The first-order valence-electron chi connectivity index (χ1n) is 9.04. The number of rotatable bonds is 0. The van der Waals surface area contributed by atoms with Gasteiger partial charge in [-0.1, -0.05) is 0 Å². The fourth-order valence-electron chi connectivity index (χ4n) is 6.09. The van der Waals surface area contributed by atoms with Crippen LogP contribution in [0, 0.1) is 5.41 Å². The number of Topliss-reactive ketones (excluding diaryl/α,β-unsaturated/α-hetero) is 2. The minimum atomic E-state index is -1.32. The third-order valence-corrected chi connectivity index (χ3v) is 7.05. The molecule has 6 atom stereocenters. The Labute approximate surface area is 148 Å². The van der Waals surface area contributed by atoms with Crippen LogP contribution in [-0.2, 0) is 11.2 Å². The molecule has 1 saturated carbocycles. The summed E-state index contributed by atoms with van der Waals surface area (Å²) in [5, 5.41) is 35.0. The first-order valence-corrected chi connectivity index (χ1v) is 9.04. The Morgan fingerprint density at radius 1 is 1.23 bits per heavy atom. The van der Waals surface area contributed by atoms with Gasteiger partial charge in [0.2, 0.25) is 5.78 Å². The van der Waals surface area contributed by atoms with Gasteiger partial charge in [-0.15, -0.1) is 0 Å². The van der Waals surface area contributed by atoms with Crippen molar-refractivity contribution in [3.8, 4) is 0 Å². The Hall–Kier alpha value is -2.00. The molecule has 0 aromatic carbocycles. The summed E-state index contributed by atoms with van der Waals surface area (Å²) in [6, 6.07) is -0.919. The summed E-state index contributed by atoms with van der Waals surface area (Å²) in [7, 11) is 0. The maximum atomic E-state index is 13.1. The molecule has 5 aliphatic rings. The van der Waals surface area contributed by atoms with E-state index in [1.807, 2.05) is 11.1 Å². The minimum Gasteiger partial charge on any atom is -0.391 e. The Morgan fingerprint density at radius 3 is 2.85 bits per heavy atom. The lowest BCUT2D eigenvalue weighted by atomic mass is 9.53. The molecule has 8 heteroatoms. The average Bonchev–Trinajstić information content (AvgIpc) is 3.03. The summed E-state index contributed by atoms with van der Waals surface area (Å²) in [5.74, 6) is -0.567. The summed E-state index contributed by atoms with van der Waals surface area (Å²) in [6.07, 6.45) is -0.713. The van der Waals surface area contributed by atoms with Gasteiger partial charge in [-0.25, -0.2) is 0 Å². The molecule has 136 valence electrons. The number of piperidine rings is 1. The molecule has 0 radical (unpaired) electrons. The molecule has 1 aromatic heterocycles. The zero-order valence-electron chi connectivity index (χ0n) is 13.9. The molecular formula is C18H19N3O5. The van der Waals surface area contributed by atoms with Crippen LogP contribution < -0.4 is 5.32 Å².